The third-order valence-corrected chi connectivity index (χ3v) is 3.56. The van der Waals surface area contributed by atoms with Crippen LogP contribution in [0.1, 0.15) is 0 Å². The molecule has 0 aliphatic heterocycles. The Morgan fingerprint density at radius 2 is 1.45 bits per heavy atom. The van der Waals surface area contributed by atoms with E-state index in [1.165, 1.54) is 0 Å². The molecule has 3 nitrogen and oxygen atoms in total. The van der Waals surface area contributed by atoms with Crippen LogP contribution < -0.4 is 5.32 Å². The number of nitrogens with one attached hydrogen (secondary N) is 1. The number of carbonyl (C=O) groups excluding carboxylic acids is 1. The molecular weight excluding hydrogens is 293 g/mol. The first-order chi connectivity index (χ1) is 10.5. The van der Waals surface area contributed by atoms with Crippen LogP contribution in [0.2, 0.25) is 0 Å². The van der Waals surface area contributed by atoms with Crippen LogP contribution >= 0.6 is 0 Å². The summed E-state index contributed by atoms with van der Waals surface area (Å²) < 4.78 is 38.5. The number of fused-ring (bicyclic) bond motifs is 3. The molecule has 0 radical (unpaired) electrons. The first-order valence-corrected chi connectivity index (χ1v) is 6.79. The average Bonchev–Trinajstić information content (AvgIpc) is 2.81. The van der Waals surface area contributed by atoms with Gasteiger partial charge in [0.2, 0.25) is 0 Å². The molecule has 0 saturated carbocycles. The van der Waals surface area contributed by atoms with E-state index in [9.17, 15) is 18.0 Å². The zero-order valence-corrected chi connectivity index (χ0v) is 11.5. The number of para-hydroxylation sites is 2. The van der Waals surface area contributed by atoms with Crippen LogP contribution in [0.15, 0.2) is 48.5 Å². The van der Waals surface area contributed by atoms with Crippen LogP contribution in [-0.2, 0) is 11.3 Å². The zero-order valence-electron chi connectivity index (χ0n) is 11.5. The lowest BCUT2D eigenvalue weighted by Gasteiger charge is -2.10. The summed E-state index contributed by atoms with van der Waals surface area (Å²) in [5, 5.41) is 3.99. The minimum absolute atomic E-state index is 0.0823. The summed E-state index contributed by atoms with van der Waals surface area (Å²) in [6, 6.07) is 15.4. The van der Waals surface area contributed by atoms with Gasteiger partial charge in [0.15, 0.2) is 0 Å². The van der Waals surface area contributed by atoms with Crippen molar-refractivity contribution in [3.8, 4) is 0 Å². The molecule has 114 valence electrons. The second-order valence-corrected chi connectivity index (χ2v) is 4.94. The van der Waals surface area contributed by atoms with Crippen molar-refractivity contribution in [3.05, 3.63) is 48.5 Å². The predicted molar refractivity (Wildman–Crippen MR) is 78.5 cm³/mol. The van der Waals surface area contributed by atoms with E-state index in [1.54, 1.807) is 0 Å². The van der Waals surface area contributed by atoms with Crippen LogP contribution in [-0.4, -0.2) is 23.2 Å². The number of benzene rings is 2. The van der Waals surface area contributed by atoms with Crippen molar-refractivity contribution in [1.29, 1.82) is 0 Å². The first kappa shape index (κ1) is 14.4. The maximum absolute atomic E-state index is 12.2. The van der Waals surface area contributed by atoms with Crippen molar-refractivity contribution in [2.75, 3.05) is 6.54 Å². The molecule has 0 aliphatic carbocycles. The smallest absolute Gasteiger partial charge is 0.346 e. The van der Waals surface area contributed by atoms with Crippen LogP contribution in [0, 0.1) is 0 Å². The van der Waals surface area contributed by atoms with Crippen molar-refractivity contribution in [2.45, 2.75) is 12.7 Å². The summed E-state index contributed by atoms with van der Waals surface area (Å²) in [5.41, 5.74) is 1.87. The molecular formula is C16H13F3N2O. The lowest BCUT2D eigenvalue weighted by atomic mass is 10.2. The molecule has 0 spiro atoms. The van der Waals surface area contributed by atoms with Gasteiger partial charge in [0, 0.05) is 34.9 Å². The summed E-state index contributed by atoms with van der Waals surface area (Å²) in [4.78, 5) is 10.9. The molecule has 0 unspecified atom stereocenters. The van der Waals surface area contributed by atoms with Crippen molar-refractivity contribution < 1.29 is 18.0 Å². The Morgan fingerprint density at radius 3 is 1.95 bits per heavy atom. The third-order valence-electron chi connectivity index (χ3n) is 3.56. The summed E-state index contributed by atoms with van der Waals surface area (Å²) in [7, 11) is 0. The average molecular weight is 306 g/mol. The monoisotopic (exact) mass is 306 g/mol. The van der Waals surface area contributed by atoms with Crippen LogP contribution in [0.4, 0.5) is 13.2 Å². The number of rotatable bonds is 3. The van der Waals surface area contributed by atoms with E-state index < -0.39 is 12.1 Å². The number of carbonyl (C=O) groups is 1. The van der Waals surface area contributed by atoms with E-state index in [-0.39, 0.29) is 13.1 Å². The molecule has 2 aromatic carbocycles. The zero-order chi connectivity index (χ0) is 15.7. The fourth-order valence-electron chi connectivity index (χ4n) is 2.63. The van der Waals surface area contributed by atoms with E-state index in [2.05, 4.69) is 0 Å². The van der Waals surface area contributed by atoms with Gasteiger partial charge in [-0.2, -0.15) is 13.2 Å². The van der Waals surface area contributed by atoms with Crippen LogP contribution in [0.5, 0.6) is 0 Å². The Labute approximate surface area is 124 Å². The molecule has 1 N–H and O–H groups in total. The van der Waals surface area contributed by atoms with Gasteiger partial charge in [-0.15, -0.1) is 0 Å². The van der Waals surface area contributed by atoms with E-state index in [1.807, 2.05) is 58.4 Å². The van der Waals surface area contributed by atoms with Crippen LogP contribution in [0.3, 0.4) is 0 Å². The van der Waals surface area contributed by atoms with E-state index in [4.69, 9.17) is 0 Å². The molecule has 1 aromatic heterocycles. The second kappa shape index (κ2) is 5.36. The lowest BCUT2D eigenvalue weighted by Crippen LogP contribution is -2.38. The first-order valence-electron chi connectivity index (χ1n) is 6.79. The topological polar surface area (TPSA) is 34.0 Å². The van der Waals surface area contributed by atoms with Gasteiger partial charge in [0.1, 0.15) is 0 Å². The summed E-state index contributed by atoms with van der Waals surface area (Å²) >= 11 is 0. The molecule has 0 aliphatic rings. The highest BCUT2D eigenvalue weighted by molar-refractivity contribution is 6.07. The number of amides is 1. The molecule has 6 heteroatoms. The number of hydrogen-bond donors (Lipinski definition) is 1. The molecule has 0 fully saturated rings. The Balaban J connectivity index is 1.91. The van der Waals surface area contributed by atoms with E-state index in [0.29, 0.717) is 0 Å². The molecule has 0 atom stereocenters. The van der Waals surface area contributed by atoms with Crippen molar-refractivity contribution in [2.24, 2.45) is 0 Å². The quantitative estimate of drug-likeness (QED) is 0.790. The Hall–Kier alpha value is -2.50. The standard InChI is InChI=1S/C16H13F3N2O/c17-16(18,19)15(22)20-9-10-21-13-7-3-1-5-11(13)12-6-2-4-8-14(12)21/h1-8H,9-10H2,(H,20,22). The van der Waals surface area contributed by atoms with Crippen molar-refractivity contribution in [3.63, 3.8) is 0 Å². The Bertz CT molecular complexity index is 783. The number of aromatic nitrogens is 1. The second-order valence-electron chi connectivity index (χ2n) is 4.94. The molecule has 3 rings (SSSR count). The normalized spacial score (nSPS) is 12.0. The van der Waals surface area contributed by atoms with Gasteiger partial charge in [-0.25, -0.2) is 0 Å². The number of nitrogens with zero attached hydrogens (tertiary/aromatic N) is 1. The van der Waals surface area contributed by atoms with Crippen LogP contribution in [0.25, 0.3) is 21.8 Å². The van der Waals surface area contributed by atoms with Gasteiger partial charge in [0.25, 0.3) is 0 Å². The summed E-state index contributed by atoms with van der Waals surface area (Å²) in [6.45, 7) is 0.191. The summed E-state index contributed by atoms with van der Waals surface area (Å²) in [5.74, 6) is -1.91. The molecule has 22 heavy (non-hydrogen) atoms. The van der Waals surface area contributed by atoms with Gasteiger partial charge in [-0.3, -0.25) is 4.79 Å². The molecule has 0 bridgehead atoms. The predicted octanol–water partition coefficient (Wildman–Crippen LogP) is 3.47. The van der Waals surface area contributed by atoms with E-state index in [0.717, 1.165) is 21.8 Å². The Morgan fingerprint density at radius 1 is 0.955 bits per heavy atom. The maximum atomic E-state index is 12.2. The fraction of sp³-hybridized carbons (Fsp3) is 0.188. The minimum Gasteiger partial charge on any atom is -0.346 e. The molecule has 0 saturated heterocycles. The summed E-state index contributed by atoms with van der Waals surface area (Å²) in [6.07, 6.45) is -4.85. The van der Waals surface area contributed by atoms with Gasteiger partial charge in [-0.1, -0.05) is 36.4 Å². The SMILES string of the molecule is O=C(NCCn1c2ccccc2c2ccccc21)C(F)(F)F. The number of hydrogen-bond acceptors (Lipinski definition) is 1. The van der Waals surface area contributed by atoms with Gasteiger partial charge < -0.3 is 9.88 Å². The Kier molecular flexibility index (Phi) is 3.52. The number of halogens is 3. The van der Waals surface area contributed by atoms with Crippen molar-refractivity contribution >= 4 is 27.7 Å². The maximum Gasteiger partial charge on any atom is 0.471 e. The fourth-order valence-corrected chi connectivity index (χ4v) is 2.63. The third kappa shape index (κ3) is 2.52. The highest BCUT2D eigenvalue weighted by Crippen LogP contribution is 2.28. The van der Waals surface area contributed by atoms with E-state index >= 15 is 0 Å². The minimum atomic E-state index is -4.85. The van der Waals surface area contributed by atoms with Gasteiger partial charge in [0.05, 0.1) is 0 Å². The highest BCUT2D eigenvalue weighted by atomic mass is 19.4. The largest absolute Gasteiger partial charge is 0.471 e. The van der Waals surface area contributed by atoms with Gasteiger partial charge >= 0.3 is 12.1 Å². The van der Waals surface area contributed by atoms with Crippen molar-refractivity contribution in [1.82, 2.24) is 9.88 Å². The molecule has 1 amide bonds. The number of alkyl halides is 3. The molecule has 3 aromatic rings. The van der Waals surface area contributed by atoms with Gasteiger partial charge in [-0.05, 0) is 12.1 Å². The molecule has 1 heterocycles. The lowest BCUT2D eigenvalue weighted by molar-refractivity contribution is -0.173. The highest BCUT2D eigenvalue weighted by Gasteiger charge is 2.38.